The van der Waals surface area contributed by atoms with Gasteiger partial charge in [0.2, 0.25) is 0 Å². The second-order valence-electron chi connectivity index (χ2n) is 5.35. The lowest BCUT2D eigenvalue weighted by atomic mass is 10.1. The number of aryl methyl sites for hydroxylation is 2. The average molecular weight is 320 g/mol. The minimum absolute atomic E-state index is 0.473. The Morgan fingerprint density at radius 3 is 2.82 bits per heavy atom. The van der Waals surface area contributed by atoms with Gasteiger partial charge in [0.05, 0.1) is 5.69 Å². The predicted molar refractivity (Wildman–Crippen MR) is 91.8 cm³/mol. The topological polar surface area (TPSA) is 62.5 Å². The van der Waals surface area contributed by atoms with Crippen molar-refractivity contribution in [1.82, 2.24) is 15.8 Å². The van der Waals surface area contributed by atoms with E-state index in [1.54, 1.807) is 18.4 Å². The quantitative estimate of drug-likeness (QED) is 0.634. The number of nitrogens with one attached hydrogen (secondary N) is 2. The standard InChI is InChI=1S/C16H24N4OS/c1-11(15-6-5-9-22-15)10-19-16(17-4)18-8-7-14-12(2)20-21-13(14)3/h5-6,9,11H,7-8,10H2,1-4H3,(H2,17,18,19). The maximum atomic E-state index is 5.18. The molecule has 0 aliphatic carbocycles. The summed E-state index contributed by atoms with van der Waals surface area (Å²) in [5, 5.41) is 12.8. The molecule has 0 aliphatic rings. The van der Waals surface area contributed by atoms with E-state index in [0.29, 0.717) is 5.92 Å². The molecule has 0 spiro atoms. The monoisotopic (exact) mass is 320 g/mol. The molecule has 0 aromatic carbocycles. The van der Waals surface area contributed by atoms with Crippen LogP contribution in [-0.4, -0.2) is 31.3 Å². The van der Waals surface area contributed by atoms with Crippen molar-refractivity contribution in [3.63, 3.8) is 0 Å². The van der Waals surface area contributed by atoms with E-state index in [1.165, 1.54) is 10.4 Å². The van der Waals surface area contributed by atoms with Crippen molar-refractivity contribution in [1.29, 1.82) is 0 Å². The van der Waals surface area contributed by atoms with Crippen LogP contribution in [0.2, 0.25) is 0 Å². The van der Waals surface area contributed by atoms with Crippen molar-refractivity contribution in [2.45, 2.75) is 33.1 Å². The average Bonchev–Trinajstić information content (AvgIpc) is 3.15. The van der Waals surface area contributed by atoms with E-state index in [-0.39, 0.29) is 0 Å². The molecule has 0 saturated carbocycles. The first kappa shape index (κ1) is 16.5. The van der Waals surface area contributed by atoms with E-state index in [0.717, 1.165) is 36.9 Å². The van der Waals surface area contributed by atoms with Gasteiger partial charge in [-0.05, 0) is 31.7 Å². The Balaban J connectivity index is 1.76. The molecule has 1 unspecified atom stereocenters. The minimum atomic E-state index is 0.473. The number of thiophene rings is 1. The summed E-state index contributed by atoms with van der Waals surface area (Å²) >= 11 is 1.79. The maximum absolute atomic E-state index is 5.18. The van der Waals surface area contributed by atoms with Crippen LogP contribution in [0.1, 0.15) is 34.7 Å². The molecule has 2 heterocycles. The molecule has 0 bridgehead atoms. The van der Waals surface area contributed by atoms with Crippen LogP contribution in [0.4, 0.5) is 0 Å². The number of hydrogen-bond donors (Lipinski definition) is 2. The number of rotatable bonds is 6. The van der Waals surface area contributed by atoms with Gasteiger partial charge in [0, 0.05) is 36.5 Å². The number of aromatic nitrogens is 1. The van der Waals surface area contributed by atoms with Crippen molar-refractivity contribution in [3.8, 4) is 0 Å². The zero-order valence-electron chi connectivity index (χ0n) is 13.6. The zero-order chi connectivity index (χ0) is 15.9. The maximum Gasteiger partial charge on any atom is 0.191 e. The lowest BCUT2D eigenvalue weighted by Crippen LogP contribution is -2.39. The fourth-order valence-electron chi connectivity index (χ4n) is 2.31. The van der Waals surface area contributed by atoms with E-state index in [1.807, 2.05) is 13.8 Å². The molecule has 6 heteroatoms. The number of guanidine groups is 1. The Bertz CT molecular complexity index is 584. The van der Waals surface area contributed by atoms with Gasteiger partial charge in [0.1, 0.15) is 5.76 Å². The lowest BCUT2D eigenvalue weighted by molar-refractivity contribution is 0.392. The number of nitrogens with zero attached hydrogens (tertiary/aromatic N) is 2. The second-order valence-corrected chi connectivity index (χ2v) is 6.33. The Kier molecular flexibility index (Phi) is 6.00. The summed E-state index contributed by atoms with van der Waals surface area (Å²) in [7, 11) is 1.79. The highest BCUT2D eigenvalue weighted by Gasteiger charge is 2.10. The molecule has 1 atom stereocenters. The Hall–Kier alpha value is -1.82. The van der Waals surface area contributed by atoms with Crippen molar-refractivity contribution in [2.75, 3.05) is 20.1 Å². The second kappa shape index (κ2) is 7.98. The molecule has 2 rings (SSSR count). The number of aliphatic imine (C=N–C) groups is 1. The molecule has 0 radical (unpaired) electrons. The van der Waals surface area contributed by atoms with E-state index < -0.39 is 0 Å². The third kappa shape index (κ3) is 4.34. The van der Waals surface area contributed by atoms with Crippen LogP contribution in [0.3, 0.4) is 0 Å². The van der Waals surface area contributed by atoms with Crippen molar-refractivity contribution in [2.24, 2.45) is 4.99 Å². The van der Waals surface area contributed by atoms with Crippen LogP contribution in [0.25, 0.3) is 0 Å². The summed E-state index contributed by atoms with van der Waals surface area (Å²) in [6.07, 6.45) is 0.877. The van der Waals surface area contributed by atoms with Gasteiger partial charge in [-0.25, -0.2) is 0 Å². The van der Waals surface area contributed by atoms with Crippen LogP contribution in [0.5, 0.6) is 0 Å². The third-order valence-electron chi connectivity index (χ3n) is 3.68. The van der Waals surface area contributed by atoms with Gasteiger partial charge in [-0.15, -0.1) is 11.3 Å². The van der Waals surface area contributed by atoms with Crippen molar-refractivity contribution >= 4 is 17.3 Å². The summed E-state index contributed by atoms with van der Waals surface area (Å²) in [6, 6.07) is 4.26. The minimum Gasteiger partial charge on any atom is -0.361 e. The summed E-state index contributed by atoms with van der Waals surface area (Å²) in [4.78, 5) is 5.65. The zero-order valence-corrected chi connectivity index (χ0v) is 14.5. The van der Waals surface area contributed by atoms with Gasteiger partial charge in [0.25, 0.3) is 0 Å². The Labute approximate surface area is 135 Å². The molecule has 0 saturated heterocycles. The molecule has 0 amide bonds. The van der Waals surface area contributed by atoms with Crippen LogP contribution in [-0.2, 0) is 6.42 Å². The highest BCUT2D eigenvalue weighted by molar-refractivity contribution is 7.10. The van der Waals surface area contributed by atoms with E-state index in [2.05, 4.69) is 45.2 Å². The largest absolute Gasteiger partial charge is 0.361 e. The Morgan fingerprint density at radius 2 is 2.23 bits per heavy atom. The summed E-state index contributed by atoms with van der Waals surface area (Å²) in [5.41, 5.74) is 2.14. The van der Waals surface area contributed by atoms with Crippen molar-refractivity contribution < 1.29 is 4.52 Å². The van der Waals surface area contributed by atoms with E-state index >= 15 is 0 Å². The molecule has 120 valence electrons. The van der Waals surface area contributed by atoms with Crippen LogP contribution in [0.15, 0.2) is 27.0 Å². The van der Waals surface area contributed by atoms with Crippen molar-refractivity contribution in [3.05, 3.63) is 39.4 Å². The van der Waals surface area contributed by atoms with E-state index in [4.69, 9.17) is 4.52 Å². The van der Waals surface area contributed by atoms with Gasteiger partial charge in [-0.3, -0.25) is 4.99 Å². The smallest absolute Gasteiger partial charge is 0.191 e. The third-order valence-corrected chi connectivity index (χ3v) is 4.78. The van der Waals surface area contributed by atoms with Crippen LogP contribution in [0, 0.1) is 13.8 Å². The first-order valence-corrected chi connectivity index (χ1v) is 8.39. The Morgan fingerprint density at radius 1 is 1.41 bits per heavy atom. The first-order valence-electron chi connectivity index (χ1n) is 7.51. The number of hydrogen-bond acceptors (Lipinski definition) is 4. The van der Waals surface area contributed by atoms with Crippen LogP contribution < -0.4 is 10.6 Å². The molecule has 2 aromatic rings. The molecule has 2 N–H and O–H groups in total. The molecule has 2 aromatic heterocycles. The van der Waals surface area contributed by atoms with Gasteiger partial charge >= 0.3 is 0 Å². The highest BCUT2D eigenvalue weighted by atomic mass is 32.1. The summed E-state index contributed by atoms with van der Waals surface area (Å²) < 4.78 is 5.18. The predicted octanol–water partition coefficient (Wildman–Crippen LogP) is 2.86. The summed E-state index contributed by atoms with van der Waals surface area (Å²) in [5.74, 6) is 2.20. The molecule has 22 heavy (non-hydrogen) atoms. The van der Waals surface area contributed by atoms with Gasteiger partial charge in [0.15, 0.2) is 5.96 Å². The summed E-state index contributed by atoms with van der Waals surface area (Å²) in [6.45, 7) is 7.81. The molecular weight excluding hydrogens is 296 g/mol. The van der Waals surface area contributed by atoms with Gasteiger partial charge < -0.3 is 15.2 Å². The first-order chi connectivity index (χ1) is 10.6. The normalized spacial score (nSPS) is 13.2. The molecule has 0 aliphatic heterocycles. The molecule has 0 fully saturated rings. The van der Waals surface area contributed by atoms with Gasteiger partial charge in [-0.2, -0.15) is 0 Å². The van der Waals surface area contributed by atoms with Gasteiger partial charge in [-0.1, -0.05) is 18.1 Å². The fourth-order valence-corrected chi connectivity index (χ4v) is 3.09. The van der Waals surface area contributed by atoms with E-state index in [9.17, 15) is 0 Å². The van der Waals surface area contributed by atoms with Crippen LogP contribution >= 0.6 is 11.3 Å². The molecular formula is C16H24N4OS. The lowest BCUT2D eigenvalue weighted by Gasteiger charge is -2.15. The fraction of sp³-hybridized carbons (Fsp3) is 0.500. The SMILES string of the molecule is CN=C(NCCc1c(C)noc1C)NCC(C)c1cccs1. The molecule has 5 nitrogen and oxygen atoms in total. The highest BCUT2D eigenvalue weighted by Crippen LogP contribution is 2.19.